The number of methoxy groups -OCH3 is 1. The van der Waals surface area contributed by atoms with Gasteiger partial charge in [-0.3, -0.25) is 9.59 Å². The van der Waals surface area contributed by atoms with E-state index in [1.807, 2.05) is 24.3 Å². The second kappa shape index (κ2) is 6.21. The number of ether oxygens (including phenoxy) is 1. The minimum absolute atomic E-state index is 0.192. The number of carbonyl (C=O) groups is 1. The van der Waals surface area contributed by atoms with Crippen LogP contribution in [-0.4, -0.2) is 28.2 Å². The van der Waals surface area contributed by atoms with Crippen LogP contribution in [0, 0.1) is 6.92 Å². The van der Waals surface area contributed by atoms with Crippen LogP contribution in [0.3, 0.4) is 0 Å². The molecule has 21 heavy (non-hydrogen) atoms. The van der Waals surface area contributed by atoms with Gasteiger partial charge in [-0.15, -0.1) is 0 Å². The number of benzene rings is 1. The summed E-state index contributed by atoms with van der Waals surface area (Å²) in [7, 11) is 1.59. The summed E-state index contributed by atoms with van der Waals surface area (Å²) < 4.78 is 5.15. The van der Waals surface area contributed by atoms with Gasteiger partial charge in [0.05, 0.1) is 13.5 Å². The van der Waals surface area contributed by atoms with Gasteiger partial charge in [-0.2, -0.15) is 0 Å². The second-order valence-corrected chi connectivity index (χ2v) is 4.68. The molecule has 0 saturated carbocycles. The van der Waals surface area contributed by atoms with Crippen LogP contribution < -0.4 is 10.3 Å². The monoisotopic (exact) mass is 288 g/mol. The third kappa shape index (κ3) is 3.68. The molecule has 0 aliphatic rings. The van der Waals surface area contributed by atoms with Crippen LogP contribution in [0.25, 0.3) is 0 Å². The van der Waals surface area contributed by atoms with Gasteiger partial charge in [-0.1, -0.05) is 12.1 Å². The Balaban J connectivity index is 2.29. The van der Waals surface area contributed by atoms with Gasteiger partial charge in [0.15, 0.2) is 0 Å². The SMILES string of the molecule is COc1cccc(Cc2nc(C)c(CC(=O)O)c(=O)[nH]2)c1. The highest BCUT2D eigenvalue weighted by Crippen LogP contribution is 2.14. The van der Waals surface area contributed by atoms with E-state index in [9.17, 15) is 9.59 Å². The Morgan fingerprint density at radius 3 is 2.81 bits per heavy atom. The van der Waals surface area contributed by atoms with Crippen LogP contribution in [0.2, 0.25) is 0 Å². The number of aryl methyl sites for hydroxylation is 1. The molecule has 0 atom stereocenters. The Morgan fingerprint density at radius 1 is 1.43 bits per heavy atom. The Labute approximate surface area is 121 Å². The normalized spacial score (nSPS) is 10.4. The zero-order valence-electron chi connectivity index (χ0n) is 11.8. The molecule has 0 fully saturated rings. The standard InChI is InChI=1S/C15H16N2O4/c1-9-12(8-14(18)19)15(20)17-13(16-9)7-10-4-3-5-11(6-10)21-2/h3-6H,7-8H2,1-2H3,(H,18,19)(H,16,17,20). The van der Waals surface area contributed by atoms with E-state index in [0.717, 1.165) is 11.3 Å². The number of nitrogens with one attached hydrogen (secondary N) is 1. The molecule has 6 heteroatoms. The molecule has 0 radical (unpaired) electrons. The maximum Gasteiger partial charge on any atom is 0.308 e. The van der Waals surface area contributed by atoms with Gasteiger partial charge in [-0.05, 0) is 24.6 Å². The minimum atomic E-state index is -1.05. The Bertz CT molecular complexity index is 722. The molecule has 1 heterocycles. The van der Waals surface area contributed by atoms with Crippen LogP contribution in [0.5, 0.6) is 5.75 Å². The summed E-state index contributed by atoms with van der Waals surface area (Å²) in [5.74, 6) is 0.180. The van der Waals surface area contributed by atoms with Crippen molar-refractivity contribution in [3.8, 4) is 5.75 Å². The molecule has 0 spiro atoms. The van der Waals surface area contributed by atoms with Gasteiger partial charge >= 0.3 is 5.97 Å². The number of rotatable bonds is 5. The number of carboxylic acid groups (broad SMARTS) is 1. The molecule has 0 aliphatic heterocycles. The number of aromatic amines is 1. The third-order valence-electron chi connectivity index (χ3n) is 3.11. The Morgan fingerprint density at radius 2 is 2.19 bits per heavy atom. The molecule has 0 saturated heterocycles. The highest BCUT2D eigenvalue weighted by molar-refractivity contribution is 5.70. The molecular weight excluding hydrogens is 272 g/mol. The lowest BCUT2D eigenvalue weighted by Crippen LogP contribution is -2.21. The van der Waals surface area contributed by atoms with E-state index in [4.69, 9.17) is 9.84 Å². The first-order valence-electron chi connectivity index (χ1n) is 6.43. The summed E-state index contributed by atoms with van der Waals surface area (Å²) in [4.78, 5) is 29.6. The van der Waals surface area contributed by atoms with Crippen molar-refractivity contribution in [1.29, 1.82) is 0 Å². The van der Waals surface area contributed by atoms with E-state index < -0.39 is 11.5 Å². The number of carboxylic acids is 1. The number of aromatic nitrogens is 2. The molecule has 1 aromatic heterocycles. The lowest BCUT2D eigenvalue weighted by atomic mass is 10.1. The predicted octanol–water partition coefficient (Wildman–Crippen LogP) is 1.30. The fraction of sp³-hybridized carbons (Fsp3) is 0.267. The minimum Gasteiger partial charge on any atom is -0.497 e. The van der Waals surface area contributed by atoms with Crippen molar-refractivity contribution in [1.82, 2.24) is 9.97 Å². The molecule has 2 N–H and O–H groups in total. The number of nitrogens with zero attached hydrogens (tertiary/aromatic N) is 1. The van der Waals surface area contributed by atoms with Crippen LogP contribution in [0.1, 0.15) is 22.6 Å². The van der Waals surface area contributed by atoms with Crippen molar-refractivity contribution in [2.45, 2.75) is 19.8 Å². The molecule has 1 aromatic carbocycles. The van der Waals surface area contributed by atoms with E-state index in [0.29, 0.717) is 17.9 Å². The molecule has 0 aliphatic carbocycles. The highest BCUT2D eigenvalue weighted by Gasteiger charge is 2.12. The van der Waals surface area contributed by atoms with Gasteiger partial charge < -0.3 is 14.8 Å². The van der Waals surface area contributed by atoms with Crippen molar-refractivity contribution >= 4 is 5.97 Å². The van der Waals surface area contributed by atoms with Crippen molar-refractivity contribution in [2.75, 3.05) is 7.11 Å². The van der Waals surface area contributed by atoms with E-state index in [1.165, 1.54) is 0 Å². The van der Waals surface area contributed by atoms with Crippen molar-refractivity contribution in [3.05, 3.63) is 57.3 Å². The van der Waals surface area contributed by atoms with Gasteiger partial charge in [0.1, 0.15) is 11.6 Å². The molecule has 0 bridgehead atoms. The Kier molecular flexibility index (Phi) is 4.37. The first-order valence-corrected chi connectivity index (χ1v) is 6.43. The summed E-state index contributed by atoms with van der Waals surface area (Å²) in [6, 6.07) is 7.46. The summed E-state index contributed by atoms with van der Waals surface area (Å²) >= 11 is 0. The first-order chi connectivity index (χ1) is 9.99. The van der Waals surface area contributed by atoms with Gasteiger partial charge in [0, 0.05) is 17.7 Å². The highest BCUT2D eigenvalue weighted by atomic mass is 16.5. The molecule has 110 valence electrons. The number of hydrogen-bond donors (Lipinski definition) is 2. The zero-order valence-corrected chi connectivity index (χ0v) is 11.8. The average molecular weight is 288 g/mol. The molecule has 2 rings (SSSR count). The average Bonchev–Trinajstić information content (AvgIpc) is 2.43. The molecular formula is C15H16N2O4. The van der Waals surface area contributed by atoms with Crippen LogP contribution in [0.4, 0.5) is 0 Å². The lowest BCUT2D eigenvalue weighted by molar-refractivity contribution is -0.136. The van der Waals surface area contributed by atoms with E-state index in [1.54, 1.807) is 14.0 Å². The lowest BCUT2D eigenvalue weighted by Gasteiger charge is -2.07. The summed E-state index contributed by atoms with van der Waals surface area (Å²) in [5.41, 5.74) is 1.18. The second-order valence-electron chi connectivity index (χ2n) is 4.68. The number of H-pyrrole nitrogens is 1. The molecule has 6 nitrogen and oxygen atoms in total. The zero-order chi connectivity index (χ0) is 15.4. The van der Waals surface area contributed by atoms with Crippen molar-refractivity contribution < 1.29 is 14.6 Å². The third-order valence-corrected chi connectivity index (χ3v) is 3.11. The van der Waals surface area contributed by atoms with E-state index >= 15 is 0 Å². The summed E-state index contributed by atoms with van der Waals surface area (Å²) in [6.45, 7) is 1.64. The fourth-order valence-corrected chi connectivity index (χ4v) is 2.09. The maximum absolute atomic E-state index is 11.9. The molecule has 2 aromatic rings. The Hall–Kier alpha value is -2.63. The van der Waals surface area contributed by atoms with Crippen LogP contribution >= 0.6 is 0 Å². The largest absolute Gasteiger partial charge is 0.497 e. The topological polar surface area (TPSA) is 92.3 Å². The maximum atomic E-state index is 11.9. The molecule has 0 amide bonds. The van der Waals surface area contributed by atoms with Crippen LogP contribution in [0.15, 0.2) is 29.1 Å². The summed E-state index contributed by atoms with van der Waals surface area (Å²) in [5, 5.41) is 8.78. The van der Waals surface area contributed by atoms with Crippen LogP contribution in [-0.2, 0) is 17.6 Å². The fourth-order valence-electron chi connectivity index (χ4n) is 2.09. The molecule has 0 unspecified atom stereocenters. The van der Waals surface area contributed by atoms with Gasteiger partial charge in [0.2, 0.25) is 0 Å². The predicted molar refractivity (Wildman–Crippen MR) is 76.7 cm³/mol. The van der Waals surface area contributed by atoms with Gasteiger partial charge in [-0.25, -0.2) is 4.98 Å². The van der Waals surface area contributed by atoms with Crippen molar-refractivity contribution in [3.63, 3.8) is 0 Å². The smallest absolute Gasteiger partial charge is 0.308 e. The summed E-state index contributed by atoms with van der Waals surface area (Å²) in [6.07, 6.45) is 0.119. The number of aliphatic carboxylic acids is 1. The van der Waals surface area contributed by atoms with E-state index in [-0.39, 0.29) is 12.0 Å². The number of hydrogen-bond acceptors (Lipinski definition) is 4. The quantitative estimate of drug-likeness (QED) is 0.865. The van der Waals surface area contributed by atoms with Gasteiger partial charge in [0.25, 0.3) is 5.56 Å². The van der Waals surface area contributed by atoms with E-state index in [2.05, 4.69) is 9.97 Å². The van der Waals surface area contributed by atoms with Crippen molar-refractivity contribution in [2.24, 2.45) is 0 Å². The first kappa shape index (κ1) is 14.8.